The first kappa shape index (κ1) is 18.1. The summed E-state index contributed by atoms with van der Waals surface area (Å²) in [5.74, 6) is 1.17. The third-order valence-electron chi connectivity index (χ3n) is 5.73. The van der Waals surface area contributed by atoms with Crippen LogP contribution >= 0.6 is 0 Å². The standard InChI is InChI=1S/C23H28N2O2/c1-18-6-5-14-25(18)23(26)17-24-15-13-22(16-24)27-21-11-9-20(10-12-21)19-7-3-2-4-8-19/h2-4,7-12,18,22H,5-6,13-17H2,1H3/t18-,22+/m1/s1. The molecule has 2 fully saturated rings. The van der Waals surface area contributed by atoms with Gasteiger partial charge in [-0.25, -0.2) is 0 Å². The Kier molecular flexibility index (Phi) is 5.44. The number of likely N-dealkylation sites (tertiary alicyclic amines) is 2. The maximum Gasteiger partial charge on any atom is 0.236 e. The van der Waals surface area contributed by atoms with E-state index in [4.69, 9.17) is 4.74 Å². The number of amides is 1. The molecule has 2 aliphatic heterocycles. The first-order valence-electron chi connectivity index (χ1n) is 10.0. The van der Waals surface area contributed by atoms with Gasteiger partial charge in [0.25, 0.3) is 0 Å². The molecule has 0 aliphatic carbocycles. The van der Waals surface area contributed by atoms with Crippen molar-refractivity contribution in [1.82, 2.24) is 9.80 Å². The normalized spacial score (nSPS) is 22.9. The molecule has 2 aromatic rings. The predicted molar refractivity (Wildman–Crippen MR) is 108 cm³/mol. The number of ether oxygens (including phenoxy) is 1. The Morgan fingerprint density at radius 2 is 1.74 bits per heavy atom. The summed E-state index contributed by atoms with van der Waals surface area (Å²) in [6, 6.07) is 19.1. The van der Waals surface area contributed by atoms with Gasteiger partial charge >= 0.3 is 0 Å². The highest BCUT2D eigenvalue weighted by molar-refractivity contribution is 5.78. The van der Waals surface area contributed by atoms with Crippen LogP contribution in [0.15, 0.2) is 54.6 Å². The summed E-state index contributed by atoms with van der Waals surface area (Å²) in [5, 5.41) is 0. The van der Waals surface area contributed by atoms with Crippen molar-refractivity contribution in [3.8, 4) is 16.9 Å². The molecule has 0 N–H and O–H groups in total. The maximum atomic E-state index is 12.5. The van der Waals surface area contributed by atoms with E-state index in [9.17, 15) is 4.79 Å². The number of rotatable bonds is 5. The molecular formula is C23H28N2O2. The van der Waals surface area contributed by atoms with E-state index in [0.29, 0.717) is 12.6 Å². The number of carbonyl (C=O) groups excluding carboxylic acids is 1. The molecule has 27 heavy (non-hydrogen) atoms. The topological polar surface area (TPSA) is 32.8 Å². The highest BCUT2D eigenvalue weighted by Gasteiger charge is 2.30. The van der Waals surface area contributed by atoms with Crippen LogP contribution in [0.25, 0.3) is 11.1 Å². The molecule has 0 unspecified atom stereocenters. The van der Waals surface area contributed by atoms with E-state index in [1.807, 2.05) is 23.1 Å². The monoisotopic (exact) mass is 364 g/mol. The highest BCUT2D eigenvalue weighted by Crippen LogP contribution is 2.24. The van der Waals surface area contributed by atoms with Crippen LogP contribution in [0, 0.1) is 0 Å². The molecule has 142 valence electrons. The predicted octanol–water partition coefficient (Wildman–Crippen LogP) is 3.82. The largest absolute Gasteiger partial charge is 0.489 e. The van der Waals surface area contributed by atoms with Gasteiger partial charge in [-0.2, -0.15) is 0 Å². The minimum absolute atomic E-state index is 0.163. The zero-order valence-electron chi connectivity index (χ0n) is 16.0. The molecular weight excluding hydrogens is 336 g/mol. The number of hydrogen-bond acceptors (Lipinski definition) is 3. The minimum Gasteiger partial charge on any atom is -0.489 e. The summed E-state index contributed by atoms with van der Waals surface area (Å²) in [7, 11) is 0. The fraction of sp³-hybridized carbons (Fsp3) is 0.435. The first-order chi connectivity index (χ1) is 13.2. The van der Waals surface area contributed by atoms with Crippen LogP contribution in [0.3, 0.4) is 0 Å². The van der Waals surface area contributed by atoms with Crippen molar-refractivity contribution in [2.45, 2.75) is 38.3 Å². The third kappa shape index (κ3) is 4.33. The Hall–Kier alpha value is -2.33. The highest BCUT2D eigenvalue weighted by atomic mass is 16.5. The van der Waals surface area contributed by atoms with Gasteiger partial charge in [0.15, 0.2) is 0 Å². The van der Waals surface area contributed by atoms with Crippen molar-refractivity contribution in [3.63, 3.8) is 0 Å². The van der Waals surface area contributed by atoms with Crippen LogP contribution in [0.4, 0.5) is 0 Å². The summed E-state index contributed by atoms with van der Waals surface area (Å²) in [6.45, 7) is 5.35. The van der Waals surface area contributed by atoms with Gasteiger partial charge in [0.1, 0.15) is 11.9 Å². The van der Waals surface area contributed by atoms with Crippen molar-refractivity contribution < 1.29 is 9.53 Å². The van der Waals surface area contributed by atoms with E-state index < -0.39 is 0 Å². The van der Waals surface area contributed by atoms with Crippen LogP contribution in [0.1, 0.15) is 26.2 Å². The van der Waals surface area contributed by atoms with E-state index in [-0.39, 0.29) is 12.0 Å². The Balaban J connectivity index is 1.29. The van der Waals surface area contributed by atoms with Gasteiger partial charge in [-0.1, -0.05) is 42.5 Å². The molecule has 0 radical (unpaired) electrons. The molecule has 0 spiro atoms. The lowest BCUT2D eigenvalue weighted by molar-refractivity contribution is -0.132. The quantitative estimate of drug-likeness (QED) is 0.809. The van der Waals surface area contributed by atoms with Gasteiger partial charge in [0.05, 0.1) is 6.54 Å². The van der Waals surface area contributed by atoms with Crippen LogP contribution < -0.4 is 4.74 Å². The molecule has 2 heterocycles. The van der Waals surface area contributed by atoms with Crippen molar-refractivity contribution in [1.29, 1.82) is 0 Å². The fourth-order valence-corrected chi connectivity index (χ4v) is 4.17. The van der Waals surface area contributed by atoms with E-state index in [1.54, 1.807) is 0 Å². The summed E-state index contributed by atoms with van der Waals surface area (Å²) < 4.78 is 6.16. The Morgan fingerprint density at radius 1 is 1.00 bits per heavy atom. The van der Waals surface area contributed by atoms with E-state index in [2.05, 4.69) is 48.2 Å². The van der Waals surface area contributed by atoms with Crippen LogP contribution in [0.5, 0.6) is 5.75 Å². The lowest BCUT2D eigenvalue weighted by atomic mass is 10.1. The molecule has 2 aliphatic rings. The Bertz CT molecular complexity index is 760. The number of hydrogen-bond donors (Lipinski definition) is 0. The van der Waals surface area contributed by atoms with Crippen LogP contribution in [-0.2, 0) is 4.79 Å². The average Bonchev–Trinajstić information content (AvgIpc) is 3.32. The van der Waals surface area contributed by atoms with E-state index >= 15 is 0 Å². The van der Waals surface area contributed by atoms with Crippen LogP contribution in [-0.4, -0.2) is 54.0 Å². The molecule has 2 aromatic carbocycles. The van der Waals surface area contributed by atoms with Crippen molar-refractivity contribution in [2.24, 2.45) is 0 Å². The van der Waals surface area contributed by atoms with E-state index in [0.717, 1.165) is 44.6 Å². The summed E-state index contributed by atoms with van der Waals surface area (Å²) in [4.78, 5) is 16.8. The van der Waals surface area contributed by atoms with Crippen molar-refractivity contribution in [3.05, 3.63) is 54.6 Å². The number of benzene rings is 2. The molecule has 4 nitrogen and oxygen atoms in total. The summed E-state index contributed by atoms with van der Waals surface area (Å²) >= 11 is 0. The lowest BCUT2D eigenvalue weighted by Crippen LogP contribution is -2.41. The fourth-order valence-electron chi connectivity index (χ4n) is 4.17. The van der Waals surface area contributed by atoms with Crippen LogP contribution in [0.2, 0.25) is 0 Å². The smallest absolute Gasteiger partial charge is 0.236 e. The molecule has 1 amide bonds. The van der Waals surface area contributed by atoms with Gasteiger partial charge in [0, 0.05) is 25.7 Å². The zero-order chi connectivity index (χ0) is 18.6. The SMILES string of the molecule is C[C@@H]1CCCN1C(=O)CN1CC[C@H](Oc2ccc(-c3ccccc3)cc2)C1. The average molecular weight is 364 g/mol. The Labute approximate surface area is 161 Å². The van der Waals surface area contributed by atoms with Gasteiger partial charge in [-0.05, 0) is 49.4 Å². The maximum absolute atomic E-state index is 12.5. The molecule has 4 rings (SSSR count). The Morgan fingerprint density at radius 3 is 2.44 bits per heavy atom. The van der Waals surface area contributed by atoms with Crippen molar-refractivity contribution >= 4 is 5.91 Å². The van der Waals surface area contributed by atoms with Gasteiger partial charge < -0.3 is 9.64 Å². The molecule has 2 saturated heterocycles. The van der Waals surface area contributed by atoms with Gasteiger partial charge in [-0.15, -0.1) is 0 Å². The van der Waals surface area contributed by atoms with Crippen molar-refractivity contribution in [2.75, 3.05) is 26.2 Å². The molecule has 0 aromatic heterocycles. The molecule has 4 heteroatoms. The zero-order valence-corrected chi connectivity index (χ0v) is 16.0. The number of carbonyl (C=O) groups is 1. The molecule has 0 saturated carbocycles. The third-order valence-corrected chi connectivity index (χ3v) is 5.73. The molecule has 0 bridgehead atoms. The second-order valence-corrected chi connectivity index (χ2v) is 7.73. The summed E-state index contributed by atoms with van der Waals surface area (Å²) in [6.07, 6.45) is 3.41. The molecule has 2 atom stereocenters. The minimum atomic E-state index is 0.163. The summed E-state index contributed by atoms with van der Waals surface area (Å²) in [5.41, 5.74) is 2.41. The van der Waals surface area contributed by atoms with E-state index in [1.165, 1.54) is 11.1 Å². The number of nitrogens with zero attached hydrogens (tertiary/aromatic N) is 2. The second-order valence-electron chi connectivity index (χ2n) is 7.73. The first-order valence-corrected chi connectivity index (χ1v) is 10.0. The van der Waals surface area contributed by atoms with Gasteiger partial charge in [-0.3, -0.25) is 9.69 Å². The van der Waals surface area contributed by atoms with Gasteiger partial charge in [0.2, 0.25) is 5.91 Å². The second kappa shape index (κ2) is 8.13. The lowest BCUT2D eigenvalue weighted by Gasteiger charge is -2.24.